The number of likely N-dealkylation sites (N-methyl/N-ethyl adjacent to an activating group) is 1. The molecule has 0 aromatic carbocycles. The van der Waals surface area contributed by atoms with E-state index in [1.54, 1.807) is 0 Å². The number of nitrogens with one attached hydrogen (secondary N) is 1. The number of H-pyrrole nitrogens is 1. The Hall–Kier alpha value is -1.25. The summed E-state index contributed by atoms with van der Waals surface area (Å²) in [6.45, 7) is 5.32. The van der Waals surface area contributed by atoms with Gasteiger partial charge in [-0.05, 0) is 6.92 Å². The fourth-order valence-electron chi connectivity index (χ4n) is 2.15. The van der Waals surface area contributed by atoms with Crippen LogP contribution < -0.4 is 15.6 Å². The zero-order chi connectivity index (χ0) is 10.3. The first kappa shape index (κ1) is 9.31. The van der Waals surface area contributed by atoms with E-state index in [0.29, 0.717) is 0 Å². The molecule has 2 heterocycles. The Kier molecular flexibility index (Phi) is 2.10. The van der Waals surface area contributed by atoms with Gasteiger partial charge in [0.2, 0.25) is 0 Å². The largest absolute Gasteiger partial charge is 0.398 e. The molecule has 76 valence electrons. The van der Waals surface area contributed by atoms with Gasteiger partial charge in [-0.3, -0.25) is 4.90 Å². The van der Waals surface area contributed by atoms with Crippen LogP contribution in [0.1, 0.15) is 23.7 Å². The lowest BCUT2D eigenvalue weighted by Gasteiger charge is -2.09. The summed E-state index contributed by atoms with van der Waals surface area (Å²) < 4.78 is 0. The summed E-state index contributed by atoms with van der Waals surface area (Å²) in [7, 11) is 2.11. The maximum Gasteiger partial charge on any atom is 0.279 e. The number of rotatable bonds is 1. The van der Waals surface area contributed by atoms with Crippen molar-refractivity contribution in [2.45, 2.75) is 26.7 Å². The molecule has 2 rings (SSSR count). The summed E-state index contributed by atoms with van der Waals surface area (Å²) >= 11 is 0. The van der Waals surface area contributed by atoms with Gasteiger partial charge in [-0.1, -0.05) is 6.92 Å². The zero-order valence-corrected chi connectivity index (χ0v) is 9.15. The molecule has 0 amide bonds. The number of aromatic amines is 1. The van der Waals surface area contributed by atoms with Crippen molar-refractivity contribution in [3.8, 4) is 0 Å². The Bertz CT molecular complexity index is 371. The van der Waals surface area contributed by atoms with E-state index in [2.05, 4.69) is 30.8 Å². The first-order valence-corrected chi connectivity index (χ1v) is 5.19. The third-order valence-electron chi connectivity index (χ3n) is 3.17. The van der Waals surface area contributed by atoms with Crippen LogP contribution in [0.25, 0.3) is 0 Å². The number of hydrogen-bond donors (Lipinski definition) is 1. The monoisotopic (exact) mass is 192 g/mol. The molecule has 3 N–H and O–H groups in total. The molecule has 0 bridgehead atoms. The molecule has 1 aromatic rings. The molecule has 0 atom stereocenters. The Balaban J connectivity index is 2.62. The number of aromatic nitrogens is 1. The Morgan fingerprint density at radius 2 is 2.21 bits per heavy atom. The number of aryl methyl sites for hydroxylation is 1. The molecular formula is C11H18N3+. The highest BCUT2D eigenvalue weighted by Gasteiger charge is 2.28. The van der Waals surface area contributed by atoms with Crippen LogP contribution in [-0.4, -0.2) is 13.6 Å². The molecule has 0 unspecified atom stereocenters. The number of hydrogen-bond acceptors (Lipinski definition) is 2. The van der Waals surface area contributed by atoms with E-state index >= 15 is 0 Å². The molecule has 3 heteroatoms. The van der Waals surface area contributed by atoms with Crippen molar-refractivity contribution in [2.24, 2.45) is 0 Å². The summed E-state index contributed by atoms with van der Waals surface area (Å²) in [6, 6.07) is 0. The quantitative estimate of drug-likeness (QED) is 0.720. The number of nitrogens with two attached hydrogens (primary N) is 1. The summed E-state index contributed by atoms with van der Waals surface area (Å²) in [4.78, 5) is 5.72. The van der Waals surface area contributed by atoms with Crippen LogP contribution in [0.5, 0.6) is 0 Å². The molecule has 1 aliphatic rings. The van der Waals surface area contributed by atoms with Crippen LogP contribution in [-0.2, 0) is 12.8 Å². The first-order valence-electron chi connectivity index (χ1n) is 5.19. The topological polar surface area (TPSA) is 43.4 Å². The van der Waals surface area contributed by atoms with E-state index in [9.17, 15) is 0 Å². The predicted molar refractivity (Wildman–Crippen MR) is 58.5 cm³/mol. The van der Waals surface area contributed by atoms with Gasteiger partial charge in [0, 0.05) is 24.1 Å². The van der Waals surface area contributed by atoms with Crippen molar-refractivity contribution < 1.29 is 4.98 Å². The van der Waals surface area contributed by atoms with Crippen molar-refractivity contribution in [1.82, 2.24) is 0 Å². The van der Waals surface area contributed by atoms with Crippen LogP contribution >= 0.6 is 0 Å². The molecule has 0 saturated heterocycles. The SMILES string of the molecule is CCc1[nH+]c2c(c(N)c1C)CCN2C. The van der Waals surface area contributed by atoms with E-state index in [0.717, 1.165) is 25.1 Å². The zero-order valence-electron chi connectivity index (χ0n) is 9.15. The Labute approximate surface area is 84.9 Å². The maximum absolute atomic E-state index is 6.13. The fraction of sp³-hybridized carbons (Fsp3) is 0.545. The molecule has 1 aromatic heterocycles. The van der Waals surface area contributed by atoms with Crippen LogP contribution in [0.15, 0.2) is 0 Å². The third-order valence-corrected chi connectivity index (χ3v) is 3.17. The van der Waals surface area contributed by atoms with E-state index in [-0.39, 0.29) is 0 Å². The highest BCUT2D eigenvalue weighted by Crippen LogP contribution is 2.30. The Morgan fingerprint density at radius 3 is 2.86 bits per heavy atom. The minimum absolute atomic E-state index is 0.986. The number of nitrogen functional groups attached to an aromatic ring is 1. The second-order valence-corrected chi connectivity index (χ2v) is 3.99. The summed E-state index contributed by atoms with van der Waals surface area (Å²) in [5.74, 6) is 1.21. The minimum atomic E-state index is 0.986. The molecule has 0 aliphatic carbocycles. The average Bonchev–Trinajstić information content (AvgIpc) is 2.54. The third kappa shape index (κ3) is 1.15. The van der Waals surface area contributed by atoms with Gasteiger partial charge >= 0.3 is 0 Å². The summed E-state index contributed by atoms with van der Waals surface area (Å²) in [5.41, 5.74) is 10.9. The molecule has 0 spiro atoms. The van der Waals surface area contributed by atoms with Crippen molar-refractivity contribution >= 4 is 11.5 Å². The number of fused-ring (bicyclic) bond motifs is 1. The van der Waals surface area contributed by atoms with Crippen LogP contribution in [0, 0.1) is 6.92 Å². The molecule has 0 fully saturated rings. The summed E-state index contributed by atoms with van der Waals surface area (Å²) in [6.07, 6.45) is 2.08. The van der Waals surface area contributed by atoms with Gasteiger partial charge in [0.05, 0.1) is 19.2 Å². The van der Waals surface area contributed by atoms with E-state index in [1.807, 2.05) is 0 Å². The lowest BCUT2D eigenvalue weighted by molar-refractivity contribution is -0.376. The lowest BCUT2D eigenvalue weighted by atomic mass is 10.1. The van der Waals surface area contributed by atoms with E-state index in [4.69, 9.17) is 5.73 Å². The second kappa shape index (κ2) is 3.15. The standard InChI is InChI=1S/C11H17N3/c1-4-9-7(2)10(12)8-5-6-14(3)11(8)13-9/h4-6H2,1-3H3,(H2,12,13)/p+1. The second-order valence-electron chi connectivity index (χ2n) is 3.99. The normalized spacial score (nSPS) is 14.6. The predicted octanol–water partition coefficient (Wildman–Crippen LogP) is 0.946. The Morgan fingerprint density at radius 1 is 1.50 bits per heavy atom. The van der Waals surface area contributed by atoms with Gasteiger partial charge in [0.1, 0.15) is 5.69 Å². The van der Waals surface area contributed by atoms with Gasteiger partial charge in [0.25, 0.3) is 5.82 Å². The van der Waals surface area contributed by atoms with Crippen molar-refractivity contribution in [2.75, 3.05) is 24.2 Å². The molecule has 14 heavy (non-hydrogen) atoms. The van der Waals surface area contributed by atoms with Crippen molar-refractivity contribution in [3.63, 3.8) is 0 Å². The number of pyridine rings is 1. The number of anilines is 2. The molecule has 0 radical (unpaired) electrons. The highest BCUT2D eigenvalue weighted by molar-refractivity contribution is 5.64. The van der Waals surface area contributed by atoms with Crippen LogP contribution in [0.4, 0.5) is 11.5 Å². The minimum Gasteiger partial charge on any atom is -0.398 e. The van der Waals surface area contributed by atoms with Crippen molar-refractivity contribution in [3.05, 3.63) is 16.8 Å². The van der Waals surface area contributed by atoms with Crippen LogP contribution in [0.3, 0.4) is 0 Å². The van der Waals surface area contributed by atoms with Crippen LogP contribution in [0.2, 0.25) is 0 Å². The van der Waals surface area contributed by atoms with E-state index < -0.39 is 0 Å². The van der Waals surface area contributed by atoms with Gasteiger partial charge < -0.3 is 5.73 Å². The first-order chi connectivity index (χ1) is 6.65. The highest BCUT2D eigenvalue weighted by atomic mass is 15.2. The average molecular weight is 192 g/mol. The van der Waals surface area contributed by atoms with Gasteiger partial charge in [-0.25, -0.2) is 4.98 Å². The molecular weight excluding hydrogens is 174 g/mol. The van der Waals surface area contributed by atoms with Gasteiger partial charge in [0.15, 0.2) is 0 Å². The van der Waals surface area contributed by atoms with Gasteiger partial charge in [-0.2, -0.15) is 0 Å². The molecule has 0 saturated carbocycles. The lowest BCUT2D eigenvalue weighted by Crippen LogP contribution is -2.25. The summed E-state index contributed by atoms with van der Waals surface area (Å²) in [5, 5.41) is 0. The van der Waals surface area contributed by atoms with E-state index in [1.165, 1.54) is 22.6 Å². The molecule has 1 aliphatic heterocycles. The number of nitrogens with zero attached hydrogens (tertiary/aromatic N) is 1. The van der Waals surface area contributed by atoms with Gasteiger partial charge in [-0.15, -0.1) is 0 Å². The maximum atomic E-state index is 6.13. The fourth-order valence-corrected chi connectivity index (χ4v) is 2.15. The molecule has 3 nitrogen and oxygen atoms in total. The van der Waals surface area contributed by atoms with Crippen molar-refractivity contribution in [1.29, 1.82) is 0 Å². The smallest absolute Gasteiger partial charge is 0.279 e.